The van der Waals surface area contributed by atoms with Gasteiger partial charge in [-0.15, -0.1) is 0 Å². The Hall–Kier alpha value is -3.21. The van der Waals surface area contributed by atoms with Crippen LogP contribution in [-0.2, 0) is 11.3 Å². The molecule has 0 aliphatic rings. The molecule has 3 rings (SSSR count). The highest BCUT2D eigenvalue weighted by Crippen LogP contribution is 2.21. The van der Waals surface area contributed by atoms with Crippen molar-refractivity contribution < 1.29 is 14.3 Å². The summed E-state index contributed by atoms with van der Waals surface area (Å²) in [5.41, 5.74) is 2.72. The Balaban J connectivity index is 1.71. The van der Waals surface area contributed by atoms with Crippen LogP contribution in [0.2, 0.25) is 0 Å². The fourth-order valence-corrected chi connectivity index (χ4v) is 2.30. The smallest absolute Gasteiger partial charge is 0.357 e. The van der Waals surface area contributed by atoms with Gasteiger partial charge < -0.3 is 9.47 Å². The molecule has 0 unspecified atom stereocenters. The number of rotatable bonds is 6. The first-order valence-corrected chi connectivity index (χ1v) is 8.02. The molecule has 0 bridgehead atoms. The molecule has 2 aromatic heterocycles. The molecular formula is C20H18N2O3. The maximum atomic E-state index is 12.2. The average molecular weight is 334 g/mol. The molecule has 0 N–H and O–H groups in total. The van der Waals surface area contributed by atoms with E-state index in [0.717, 1.165) is 16.9 Å². The van der Waals surface area contributed by atoms with Gasteiger partial charge in [0.2, 0.25) is 0 Å². The number of carbonyl (C=O) groups excluding carboxylic acids is 1. The summed E-state index contributed by atoms with van der Waals surface area (Å²) < 4.78 is 10.7. The molecule has 3 aromatic rings. The standard InChI is InChI=1S/C20H18N2O3/c1-2-24-17-10-8-16(9-11-17)18-6-3-7-19(22-18)20(23)25-14-15-5-4-12-21-13-15/h3-13H,2,14H2,1H3. The highest BCUT2D eigenvalue weighted by Gasteiger charge is 2.11. The van der Waals surface area contributed by atoms with Gasteiger partial charge in [0.1, 0.15) is 18.1 Å². The number of benzene rings is 1. The predicted octanol–water partition coefficient (Wildman–Crippen LogP) is 3.90. The van der Waals surface area contributed by atoms with E-state index in [1.54, 1.807) is 30.6 Å². The zero-order valence-corrected chi connectivity index (χ0v) is 13.9. The number of carbonyl (C=O) groups is 1. The summed E-state index contributed by atoms with van der Waals surface area (Å²) in [5.74, 6) is 0.343. The Labute approximate surface area is 146 Å². The number of hydrogen-bond donors (Lipinski definition) is 0. The zero-order valence-electron chi connectivity index (χ0n) is 13.9. The molecule has 126 valence electrons. The Kier molecular flexibility index (Phi) is 5.36. The number of pyridine rings is 2. The number of nitrogens with zero attached hydrogens (tertiary/aromatic N) is 2. The van der Waals surface area contributed by atoms with E-state index in [0.29, 0.717) is 12.3 Å². The minimum Gasteiger partial charge on any atom is -0.494 e. The van der Waals surface area contributed by atoms with Crippen molar-refractivity contribution in [2.45, 2.75) is 13.5 Å². The summed E-state index contributed by atoms with van der Waals surface area (Å²) in [7, 11) is 0. The summed E-state index contributed by atoms with van der Waals surface area (Å²) in [4.78, 5) is 20.6. The minimum atomic E-state index is -0.461. The van der Waals surface area contributed by atoms with Gasteiger partial charge >= 0.3 is 5.97 Å². The van der Waals surface area contributed by atoms with Gasteiger partial charge in [-0.1, -0.05) is 12.1 Å². The van der Waals surface area contributed by atoms with E-state index in [-0.39, 0.29) is 12.3 Å². The van der Waals surface area contributed by atoms with Crippen molar-refractivity contribution >= 4 is 5.97 Å². The summed E-state index contributed by atoms with van der Waals surface area (Å²) in [6.07, 6.45) is 3.34. The summed E-state index contributed by atoms with van der Waals surface area (Å²) in [5, 5.41) is 0. The third-order valence-corrected chi connectivity index (χ3v) is 3.51. The second-order valence-electron chi connectivity index (χ2n) is 5.30. The first-order chi connectivity index (χ1) is 12.3. The lowest BCUT2D eigenvalue weighted by Crippen LogP contribution is -2.08. The predicted molar refractivity (Wildman–Crippen MR) is 94.2 cm³/mol. The van der Waals surface area contributed by atoms with Gasteiger partial charge in [-0.25, -0.2) is 9.78 Å². The first kappa shape index (κ1) is 16.6. The van der Waals surface area contributed by atoms with Gasteiger partial charge in [0.25, 0.3) is 0 Å². The van der Waals surface area contributed by atoms with Crippen molar-refractivity contribution in [1.29, 1.82) is 0 Å². The molecule has 1 aromatic carbocycles. The Morgan fingerprint density at radius 2 is 1.88 bits per heavy atom. The number of aromatic nitrogens is 2. The second-order valence-corrected chi connectivity index (χ2v) is 5.30. The van der Waals surface area contributed by atoms with Crippen molar-refractivity contribution in [2.24, 2.45) is 0 Å². The number of hydrogen-bond acceptors (Lipinski definition) is 5. The summed E-state index contributed by atoms with van der Waals surface area (Å²) >= 11 is 0. The molecule has 0 spiro atoms. The lowest BCUT2D eigenvalue weighted by atomic mass is 10.1. The van der Waals surface area contributed by atoms with E-state index in [9.17, 15) is 4.79 Å². The monoisotopic (exact) mass is 334 g/mol. The number of ether oxygens (including phenoxy) is 2. The molecule has 0 saturated heterocycles. The van der Waals surface area contributed by atoms with Crippen LogP contribution >= 0.6 is 0 Å². The zero-order chi connectivity index (χ0) is 17.5. The normalized spacial score (nSPS) is 10.3. The van der Waals surface area contributed by atoms with Gasteiger partial charge in [0, 0.05) is 23.5 Å². The molecule has 2 heterocycles. The highest BCUT2D eigenvalue weighted by molar-refractivity contribution is 5.88. The molecule has 0 saturated carbocycles. The van der Waals surface area contributed by atoms with Gasteiger partial charge in [0.05, 0.1) is 12.3 Å². The van der Waals surface area contributed by atoms with E-state index in [1.807, 2.05) is 43.3 Å². The second kappa shape index (κ2) is 8.06. The number of esters is 1. The van der Waals surface area contributed by atoms with Crippen molar-refractivity contribution in [3.05, 3.63) is 78.2 Å². The first-order valence-electron chi connectivity index (χ1n) is 8.02. The molecule has 5 heteroatoms. The molecule has 0 atom stereocenters. The summed E-state index contributed by atoms with van der Waals surface area (Å²) in [6, 6.07) is 16.5. The lowest BCUT2D eigenvalue weighted by molar-refractivity contribution is 0.0465. The lowest BCUT2D eigenvalue weighted by Gasteiger charge is -2.07. The fraction of sp³-hybridized carbons (Fsp3) is 0.150. The molecule has 0 fully saturated rings. The van der Waals surface area contributed by atoms with E-state index >= 15 is 0 Å². The molecule has 0 radical (unpaired) electrons. The molecule has 0 aliphatic carbocycles. The van der Waals surface area contributed by atoms with E-state index in [1.165, 1.54) is 0 Å². The van der Waals surface area contributed by atoms with E-state index in [2.05, 4.69) is 9.97 Å². The van der Waals surface area contributed by atoms with Gasteiger partial charge in [-0.3, -0.25) is 4.98 Å². The summed E-state index contributed by atoms with van der Waals surface area (Å²) in [6.45, 7) is 2.73. The van der Waals surface area contributed by atoms with Crippen LogP contribution in [0.25, 0.3) is 11.3 Å². The topological polar surface area (TPSA) is 61.3 Å². The average Bonchev–Trinajstić information content (AvgIpc) is 2.68. The highest BCUT2D eigenvalue weighted by atomic mass is 16.5. The van der Waals surface area contributed by atoms with Gasteiger partial charge in [-0.05, 0) is 49.4 Å². The van der Waals surface area contributed by atoms with Crippen LogP contribution in [0.5, 0.6) is 5.75 Å². The SMILES string of the molecule is CCOc1ccc(-c2cccc(C(=O)OCc3cccnc3)n2)cc1. The molecule has 0 aliphatic heterocycles. The third-order valence-electron chi connectivity index (χ3n) is 3.51. The minimum absolute atomic E-state index is 0.168. The van der Waals surface area contributed by atoms with Crippen LogP contribution in [0.1, 0.15) is 23.0 Å². The molecule has 5 nitrogen and oxygen atoms in total. The van der Waals surface area contributed by atoms with Crippen molar-refractivity contribution in [1.82, 2.24) is 9.97 Å². The van der Waals surface area contributed by atoms with Crippen LogP contribution in [0.4, 0.5) is 0 Å². The largest absolute Gasteiger partial charge is 0.494 e. The molecule has 25 heavy (non-hydrogen) atoms. The third kappa shape index (κ3) is 4.41. The Morgan fingerprint density at radius 3 is 2.60 bits per heavy atom. The van der Waals surface area contributed by atoms with Crippen LogP contribution in [-0.4, -0.2) is 22.5 Å². The van der Waals surface area contributed by atoms with Crippen LogP contribution in [0.15, 0.2) is 67.0 Å². The van der Waals surface area contributed by atoms with Crippen LogP contribution in [0, 0.1) is 0 Å². The van der Waals surface area contributed by atoms with Gasteiger partial charge in [-0.2, -0.15) is 0 Å². The van der Waals surface area contributed by atoms with Crippen molar-refractivity contribution in [2.75, 3.05) is 6.61 Å². The fourth-order valence-electron chi connectivity index (χ4n) is 2.30. The Morgan fingerprint density at radius 1 is 1.04 bits per heavy atom. The quantitative estimate of drug-likeness (QED) is 0.640. The van der Waals surface area contributed by atoms with Crippen LogP contribution in [0.3, 0.4) is 0 Å². The molecular weight excluding hydrogens is 316 g/mol. The van der Waals surface area contributed by atoms with Gasteiger partial charge in [0.15, 0.2) is 0 Å². The Bertz CT molecular complexity index is 833. The van der Waals surface area contributed by atoms with Crippen molar-refractivity contribution in [3.8, 4) is 17.0 Å². The van der Waals surface area contributed by atoms with Crippen LogP contribution < -0.4 is 4.74 Å². The maximum Gasteiger partial charge on any atom is 0.357 e. The van der Waals surface area contributed by atoms with E-state index < -0.39 is 5.97 Å². The van der Waals surface area contributed by atoms with Crippen molar-refractivity contribution in [3.63, 3.8) is 0 Å². The van der Waals surface area contributed by atoms with E-state index in [4.69, 9.17) is 9.47 Å². The molecule has 0 amide bonds. The maximum absolute atomic E-state index is 12.2.